The molecule has 0 aliphatic carbocycles. The summed E-state index contributed by atoms with van der Waals surface area (Å²) in [7, 11) is -3.88. The number of carboxylic acid groups (broad SMARTS) is 1. The molecule has 8 heteroatoms. The minimum atomic E-state index is -3.88. The molecule has 2 aromatic rings. The van der Waals surface area contributed by atoms with Gasteiger partial charge < -0.3 is 19.7 Å². The Labute approximate surface area is 155 Å². The van der Waals surface area contributed by atoms with E-state index >= 15 is 0 Å². The summed E-state index contributed by atoms with van der Waals surface area (Å²) in [5.41, 5.74) is 0.624. The Balaban J connectivity index is 1.91. The number of rotatable bonds is 5. The normalized spacial score (nSPS) is 16.3. The van der Waals surface area contributed by atoms with E-state index in [0.717, 1.165) is 17.7 Å². The largest absolute Gasteiger partial charge is 0.507 e. The van der Waals surface area contributed by atoms with E-state index in [1.807, 2.05) is 6.92 Å². The molecule has 1 aliphatic rings. The molecule has 0 saturated carbocycles. The number of allylic oxidation sites excluding steroid dienone is 2. The van der Waals surface area contributed by atoms with Gasteiger partial charge in [0.2, 0.25) is 9.84 Å². The van der Waals surface area contributed by atoms with E-state index < -0.39 is 27.8 Å². The summed E-state index contributed by atoms with van der Waals surface area (Å²) >= 11 is 0. The van der Waals surface area contributed by atoms with Gasteiger partial charge in [0.15, 0.2) is 0 Å². The predicted octanol–water partition coefficient (Wildman–Crippen LogP) is 3.01. The number of aromatic hydroxyl groups is 1. The van der Waals surface area contributed by atoms with Crippen molar-refractivity contribution in [3.63, 3.8) is 0 Å². The van der Waals surface area contributed by atoms with Crippen LogP contribution in [-0.2, 0) is 14.6 Å². The van der Waals surface area contributed by atoms with Gasteiger partial charge in [-0.15, -0.1) is 0 Å². The summed E-state index contributed by atoms with van der Waals surface area (Å²) < 4.78 is 36.7. The zero-order valence-electron chi connectivity index (χ0n) is 14.2. The number of aromatic carboxylic acids is 1. The van der Waals surface area contributed by atoms with Crippen LogP contribution in [0.25, 0.3) is 0 Å². The van der Waals surface area contributed by atoms with E-state index in [1.165, 1.54) is 36.6 Å². The monoisotopic (exact) mass is 388 g/mol. The molecule has 3 rings (SSSR count). The van der Waals surface area contributed by atoms with Gasteiger partial charge in [-0.2, -0.15) is 0 Å². The zero-order chi connectivity index (χ0) is 19.6. The van der Waals surface area contributed by atoms with Crippen molar-refractivity contribution in [2.24, 2.45) is 0 Å². The minimum Gasteiger partial charge on any atom is -0.507 e. The average Bonchev–Trinajstić information content (AvgIpc) is 2.62. The number of carbonyl (C=O) groups is 1. The molecule has 0 aromatic heterocycles. The maximum absolute atomic E-state index is 12.9. The van der Waals surface area contributed by atoms with Crippen molar-refractivity contribution in [3.05, 3.63) is 76.9 Å². The summed E-state index contributed by atoms with van der Waals surface area (Å²) in [6.07, 6.45) is 2.81. The first-order valence-corrected chi connectivity index (χ1v) is 9.34. The van der Waals surface area contributed by atoms with Crippen molar-refractivity contribution in [3.8, 4) is 11.5 Å². The third kappa shape index (κ3) is 3.80. The standard InChI is InChI=1S/C19H16O7S/c1-12-4-7-14(8-5-12)27(23,24)17-3-2-10-25-19(17)26-13-6-9-15(18(21)22)16(20)11-13/h2-11,19-20H,1H3,(H,21,22). The van der Waals surface area contributed by atoms with E-state index in [0.29, 0.717) is 0 Å². The fourth-order valence-corrected chi connectivity index (χ4v) is 3.82. The Kier molecular flexibility index (Phi) is 4.91. The fraction of sp³-hybridized carbons (Fsp3) is 0.105. The summed E-state index contributed by atoms with van der Waals surface area (Å²) in [5, 5.41) is 18.7. The first-order valence-electron chi connectivity index (χ1n) is 7.86. The lowest BCUT2D eigenvalue weighted by atomic mass is 10.2. The van der Waals surface area contributed by atoms with Gasteiger partial charge >= 0.3 is 5.97 Å². The van der Waals surface area contributed by atoms with Gasteiger partial charge in [0.1, 0.15) is 22.0 Å². The number of sulfone groups is 1. The van der Waals surface area contributed by atoms with Crippen molar-refractivity contribution in [1.82, 2.24) is 0 Å². The number of ether oxygens (including phenoxy) is 2. The summed E-state index contributed by atoms with van der Waals surface area (Å²) in [6.45, 7) is 1.85. The molecular formula is C19H16O7S. The highest BCUT2D eigenvalue weighted by molar-refractivity contribution is 7.95. The van der Waals surface area contributed by atoms with Gasteiger partial charge in [-0.05, 0) is 43.3 Å². The minimum absolute atomic E-state index is 0.0582. The van der Waals surface area contributed by atoms with Crippen molar-refractivity contribution < 1.29 is 32.9 Å². The molecule has 1 atom stereocenters. The lowest BCUT2D eigenvalue weighted by Gasteiger charge is -2.23. The van der Waals surface area contributed by atoms with Crippen LogP contribution in [0.2, 0.25) is 0 Å². The molecule has 27 heavy (non-hydrogen) atoms. The van der Waals surface area contributed by atoms with Crippen LogP contribution < -0.4 is 4.74 Å². The van der Waals surface area contributed by atoms with Crippen LogP contribution in [0, 0.1) is 6.92 Å². The summed E-state index contributed by atoms with van der Waals surface area (Å²) in [5.74, 6) is -1.74. The highest BCUT2D eigenvalue weighted by Crippen LogP contribution is 2.30. The van der Waals surface area contributed by atoms with Gasteiger partial charge in [0.05, 0.1) is 11.2 Å². The molecule has 2 N–H and O–H groups in total. The number of phenols is 1. The quantitative estimate of drug-likeness (QED) is 0.810. The Morgan fingerprint density at radius 2 is 1.85 bits per heavy atom. The molecular weight excluding hydrogens is 372 g/mol. The molecule has 1 unspecified atom stereocenters. The fourth-order valence-electron chi connectivity index (χ4n) is 2.44. The molecule has 0 radical (unpaired) electrons. The molecule has 1 aliphatic heterocycles. The predicted molar refractivity (Wildman–Crippen MR) is 96.2 cm³/mol. The third-order valence-electron chi connectivity index (χ3n) is 3.86. The molecule has 1 heterocycles. The van der Waals surface area contributed by atoms with Crippen molar-refractivity contribution in [2.75, 3.05) is 0 Å². The Morgan fingerprint density at radius 3 is 2.48 bits per heavy atom. The number of carboxylic acids is 1. The number of benzene rings is 2. The van der Waals surface area contributed by atoms with Gasteiger partial charge in [-0.25, -0.2) is 13.2 Å². The lowest BCUT2D eigenvalue weighted by molar-refractivity contribution is 0.00381. The molecule has 0 bridgehead atoms. The summed E-state index contributed by atoms with van der Waals surface area (Å²) in [6, 6.07) is 9.91. The molecule has 0 saturated heterocycles. The number of hydrogen-bond acceptors (Lipinski definition) is 6. The maximum Gasteiger partial charge on any atom is 0.339 e. The second-order valence-electron chi connectivity index (χ2n) is 5.78. The van der Waals surface area contributed by atoms with E-state index in [-0.39, 0.29) is 21.1 Å². The van der Waals surface area contributed by atoms with E-state index in [2.05, 4.69) is 0 Å². The molecule has 0 amide bonds. The van der Waals surface area contributed by atoms with Crippen molar-refractivity contribution >= 4 is 15.8 Å². The van der Waals surface area contributed by atoms with Crippen molar-refractivity contribution in [2.45, 2.75) is 18.1 Å². The zero-order valence-corrected chi connectivity index (χ0v) is 15.0. The summed E-state index contributed by atoms with van der Waals surface area (Å²) in [4.78, 5) is 10.9. The second-order valence-corrected chi connectivity index (χ2v) is 7.73. The van der Waals surface area contributed by atoms with Crippen molar-refractivity contribution in [1.29, 1.82) is 0 Å². The third-order valence-corrected chi connectivity index (χ3v) is 5.70. The van der Waals surface area contributed by atoms with E-state index in [1.54, 1.807) is 12.1 Å². The number of aryl methyl sites for hydroxylation is 1. The van der Waals surface area contributed by atoms with Gasteiger partial charge in [-0.1, -0.05) is 17.7 Å². The molecule has 7 nitrogen and oxygen atoms in total. The van der Waals surface area contributed by atoms with E-state index in [4.69, 9.17) is 14.6 Å². The van der Waals surface area contributed by atoms with Crippen LogP contribution >= 0.6 is 0 Å². The topological polar surface area (TPSA) is 110 Å². The first-order chi connectivity index (χ1) is 12.8. The Bertz CT molecular complexity index is 1030. The van der Waals surface area contributed by atoms with Gasteiger partial charge in [0, 0.05) is 6.07 Å². The van der Waals surface area contributed by atoms with E-state index in [9.17, 15) is 18.3 Å². The van der Waals surface area contributed by atoms with Crippen LogP contribution in [0.15, 0.2) is 70.7 Å². The second kappa shape index (κ2) is 7.16. The Hall–Kier alpha value is -3.26. The smallest absolute Gasteiger partial charge is 0.339 e. The molecule has 2 aromatic carbocycles. The van der Waals surface area contributed by atoms with Crippen LogP contribution in [-0.4, -0.2) is 30.9 Å². The SMILES string of the molecule is Cc1ccc(S(=O)(=O)C2=CC=COC2Oc2ccc(C(=O)O)c(O)c2)cc1. The molecule has 0 fully saturated rings. The van der Waals surface area contributed by atoms with Crippen LogP contribution in [0.4, 0.5) is 0 Å². The Morgan fingerprint density at radius 1 is 1.15 bits per heavy atom. The van der Waals surface area contributed by atoms with Crippen LogP contribution in [0.3, 0.4) is 0 Å². The highest BCUT2D eigenvalue weighted by atomic mass is 32.2. The van der Waals surface area contributed by atoms with Gasteiger partial charge in [-0.3, -0.25) is 0 Å². The molecule has 0 spiro atoms. The lowest BCUT2D eigenvalue weighted by Crippen LogP contribution is -2.27. The molecule has 140 valence electrons. The van der Waals surface area contributed by atoms with Crippen LogP contribution in [0.5, 0.6) is 11.5 Å². The highest BCUT2D eigenvalue weighted by Gasteiger charge is 2.32. The number of hydrogen-bond donors (Lipinski definition) is 2. The maximum atomic E-state index is 12.9. The first kappa shape index (κ1) is 18.5. The average molecular weight is 388 g/mol. The van der Waals surface area contributed by atoms with Gasteiger partial charge in [0.25, 0.3) is 6.29 Å². The van der Waals surface area contributed by atoms with Crippen LogP contribution in [0.1, 0.15) is 15.9 Å².